The number of nitrogens with zero attached hydrogens (tertiary/aromatic N) is 1. The van der Waals surface area contributed by atoms with E-state index in [0.29, 0.717) is 0 Å². The fraction of sp³-hybridized carbons (Fsp3) is 0. The van der Waals surface area contributed by atoms with Crippen molar-refractivity contribution < 1.29 is 10.0 Å². The molecule has 0 aromatic heterocycles. The molecule has 80 valence electrons. The van der Waals surface area contributed by atoms with Crippen LogP contribution in [0.15, 0.2) is 72.2 Å². The summed E-state index contributed by atoms with van der Waals surface area (Å²) in [5.41, 5.74) is 1.96. The smallest absolute Gasteiger partial charge is 0.178 e. The van der Waals surface area contributed by atoms with Gasteiger partial charge in [-0.3, -0.25) is 10.0 Å². The molecule has 0 aromatic carbocycles. The van der Waals surface area contributed by atoms with Crippen molar-refractivity contribution >= 4 is 5.78 Å². The van der Waals surface area contributed by atoms with Crippen LogP contribution in [0.2, 0.25) is 0 Å². The van der Waals surface area contributed by atoms with Crippen molar-refractivity contribution in [1.29, 1.82) is 0 Å². The number of carbonyl (C=O) groups excluding carboxylic acids is 1. The van der Waals surface area contributed by atoms with Crippen molar-refractivity contribution in [2.75, 3.05) is 0 Å². The minimum Gasteiger partial charge on any atom is -0.290 e. The molecule has 3 heteroatoms. The lowest BCUT2D eigenvalue weighted by atomic mass is 10.1. The molecule has 0 saturated carbocycles. The second-order valence-corrected chi connectivity index (χ2v) is 3.41. The molecule has 0 saturated heterocycles. The molecular weight excluding hydrogens is 202 g/mol. The van der Waals surface area contributed by atoms with E-state index in [-0.39, 0.29) is 5.78 Å². The van der Waals surface area contributed by atoms with Gasteiger partial charge in [0.25, 0.3) is 0 Å². The summed E-state index contributed by atoms with van der Waals surface area (Å²) < 4.78 is 0. The second-order valence-electron chi connectivity index (χ2n) is 3.41. The van der Waals surface area contributed by atoms with Crippen LogP contribution in [0, 0.1) is 0 Å². The second kappa shape index (κ2) is 4.59. The van der Waals surface area contributed by atoms with Crippen LogP contribution in [0.1, 0.15) is 0 Å². The van der Waals surface area contributed by atoms with E-state index in [4.69, 9.17) is 5.21 Å². The Morgan fingerprint density at radius 1 is 0.875 bits per heavy atom. The van der Waals surface area contributed by atoms with Crippen LogP contribution in [0.4, 0.5) is 0 Å². The molecule has 0 aromatic rings. The highest BCUT2D eigenvalue weighted by molar-refractivity contribution is 6.01. The number of allylic oxidation sites excluding steroid dienone is 10. The fourth-order valence-corrected chi connectivity index (χ4v) is 1.31. The highest BCUT2D eigenvalue weighted by Crippen LogP contribution is 2.10. The van der Waals surface area contributed by atoms with Crippen LogP contribution in [0.5, 0.6) is 0 Å². The highest BCUT2D eigenvalue weighted by atomic mass is 16.5. The standard InChI is InChI=1S/C13H11NO2/c15-13-5-3-11(4-6-13)1-2-12-7-9-14(16)10-8-12/h1-10,16H. The molecule has 0 unspecified atom stereocenters. The molecule has 0 spiro atoms. The third-order valence-electron chi connectivity index (χ3n) is 2.19. The Kier molecular flexibility index (Phi) is 2.98. The largest absolute Gasteiger partial charge is 0.290 e. The first-order valence-corrected chi connectivity index (χ1v) is 4.90. The molecule has 16 heavy (non-hydrogen) atoms. The average molecular weight is 213 g/mol. The molecular formula is C13H11NO2. The lowest BCUT2D eigenvalue weighted by molar-refractivity contribution is -0.110. The number of hydroxylamine groups is 2. The van der Waals surface area contributed by atoms with E-state index < -0.39 is 0 Å². The van der Waals surface area contributed by atoms with Crippen LogP contribution in [0.25, 0.3) is 0 Å². The third-order valence-corrected chi connectivity index (χ3v) is 2.19. The van der Waals surface area contributed by atoms with Crippen molar-refractivity contribution in [3.05, 3.63) is 72.2 Å². The van der Waals surface area contributed by atoms with Gasteiger partial charge in [-0.15, -0.1) is 0 Å². The van der Waals surface area contributed by atoms with Crippen LogP contribution in [-0.4, -0.2) is 16.1 Å². The van der Waals surface area contributed by atoms with E-state index in [2.05, 4.69) is 0 Å². The van der Waals surface area contributed by atoms with Crippen LogP contribution >= 0.6 is 0 Å². The maximum absolute atomic E-state index is 10.9. The molecule has 2 rings (SSSR count). The molecule has 2 aliphatic rings. The van der Waals surface area contributed by atoms with Crippen molar-refractivity contribution in [2.45, 2.75) is 0 Å². The van der Waals surface area contributed by atoms with Crippen LogP contribution < -0.4 is 0 Å². The molecule has 1 heterocycles. The Morgan fingerprint density at radius 3 is 1.94 bits per heavy atom. The number of rotatable bonds is 1. The Morgan fingerprint density at radius 2 is 1.38 bits per heavy atom. The summed E-state index contributed by atoms with van der Waals surface area (Å²) in [5.74, 6) is 0.0122. The summed E-state index contributed by atoms with van der Waals surface area (Å²) in [7, 11) is 0. The molecule has 0 fully saturated rings. The van der Waals surface area contributed by atoms with Gasteiger partial charge in [0.15, 0.2) is 5.78 Å². The average Bonchev–Trinajstić information content (AvgIpc) is 2.30. The summed E-state index contributed by atoms with van der Waals surface area (Å²) in [4.78, 5) is 10.9. The predicted octanol–water partition coefficient (Wildman–Crippen LogP) is 2.27. The van der Waals surface area contributed by atoms with Gasteiger partial charge in [0.05, 0.1) is 0 Å². The lowest BCUT2D eigenvalue weighted by Crippen LogP contribution is -2.03. The number of hydrogen-bond acceptors (Lipinski definition) is 3. The van der Waals surface area contributed by atoms with Crippen LogP contribution in [-0.2, 0) is 4.79 Å². The van der Waals surface area contributed by atoms with Gasteiger partial charge in [0, 0.05) is 12.4 Å². The maximum Gasteiger partial charge on any atom is 0.178 e. The molecule has 0 amide bonds. The third kappa shape index (κ3) is 2.68. The van der Waals surface area contributed by atoms with E-state index in [1.807, 2.05) is 12.2 Å². The summed E-state index contributed by atoms with van der Waals surface area (Å²) in [6.07, 6.45) is 17.1. The van der Waals surface area contributed by atoms with E-state index in [9.17, 15) is 4.79 Å². The fourth-order valence-electron chi connectivity index (χ4n) is 1.31. The van der Waals surface area contributed by atoms with Gasteiger partial charge in [-0.1, -0.05) is 24.3 Å². The summed E-state index contributed by atoms with van der Waals surface area (Å²) in [6, 6.07) is 0. The minimum atomic E-state index is 0.0122. The van der Waals surface area contributed by atoms with Crippen molar-refractivity contribution in [1.82, 2.24) is 5.06 Å². The first-order valence-electron chi connectivity index (χ1n) is 4.90. The SMILES string of the molecule is O=C1C=CC(=CC=C2C=CN(O)C=C2)C=C1. The van der Waals surface area contributed by atoms with Crippen LogP contribution in [0.3, 0.4) is 0 Å². The number of hydrogen-bond donors (Lipinski definition) is 1. The predicted molar refractivity (Wildman–Crippen MR) is 61.4 cm³/mol. The maximum atomic E-state index is 10.9. The Labute approximate surface area is 93.6 Å². The molecule has 0 bridgehead atoms. The van der Waals surface area contributed by atoms with Crippen molar-refractivity contribution in [2.24, 2.45) is 0 Å². The molecule has 1 aliphatic carbocycles. The molecule has 3 nitrogen and oxygen atoms in total. The quantitative estimate of drug-likeness (QED) is 0.726. The zero-order chi connectivity index (χ0) is 11.4. The Balaban J connectivity index is 2.09. The van der Waals surface area contributed by atoms with Gasteiger partial charge in [0.2, 0.25) is 0 Å². The first kappa shape index (κ1) is 10.4. The van der Waals surface area contributed by atoms with Gasteiger partial charge in [-0.2, -0.15) is 0 Å². The van der Waals surface area contributed by atoms with Crippen molar-refractivity contribution in [3.8, 4) is 0 Å². The highest BCUT2D eigenvalue weighted by Gasteiger charge is 1.98. The molecule has 0 radical (unpaired) electrons. The summed E-state index contributed by atoms with van der Waals surface area (Å²) >= 11 is 0. The zero-order valence-electron chi connectivity index (χ0n) is 8.58. The number of carbonyl (C=O) groups is 1. The van der Waals surface area contributed by atoms with Gasteiger partial charge in [-0.05, 0) is 35.5 Å². The summed E-state index contributed by atoms with van der Waals surface area (Å²) in [5, 5.41) is 10.0. The van der Waals surface area contributed by atoms with E-state index in [0.717, 1.165) is 16.2 Å². The lowest BCUT2D eigenvalue weighted by Gasteiger charge is -2.09. The van der Waals surface area contributed by atoms with Gasteiger partial charge in [-0.25, -0.2) is 5.06 Å². The van der Waals surface area contributed by atoms with Gasteiger partial charge >= 0.3 is 0 Å². The number of ketones is 1. The normalized spacial score (nSPS) is 18.3. The van der Waals surface area contributed by atoms with Crippen molar-refractivity contribution in [3.63, 3.8) is 0 Å². The minimum absolute atomic E-state index is 0.0122. The molecule has 1 N–H and O–H groups in total. The topological polar surface area (TPSA) is 40.5 Å². The summed E-state index contributed by atoms with van der Waals surface area (Å²) in [6.45, 7) is 0. The van der Waals surface area contributed by atoms with E-state index in [1.54, 1.807) is 36.7 Å². The monoisotopic (exact) mass is 213 g/mol. The Hall–Kier alpha value is -2.13. The Bertz CT molecular complexity index is 442. The molecule has 0 atom stereocenters. The van der Waals surface area contributed by atoms with E-state index in [1.165, 1.54) is 12.2 Å². The van der Waals surface area contributed by atoms with Gasteiger partial charge < -0.3 is 0 Å². The molecule has 1 aliphatic heterocycles. The zero-order valence-corrected chi connectivity index (χ0v) is 8.58. The van der Waals surface area contributed by atoms with Gasteiger partial charge in [0.1, 0.15) is 0 Å². The first-order chi connectivity index (χ1) is 7.74. The van der Waals surface area contributed by atoms with E-state index >= 15 is 0 Å².